The number of hydrogen-bond acceptors (Lipinski definition) is 4. The fourth-order valence-electron chi connectivity index (χ4n) is 3.92. The second-order valence-corrected chi connectivity index (χ2v) is 7.73. The van der Waals surface area contributed by atoms with Crippen LogP contribution in [0.4, 0.5) is 20.6 Å². The van der Waals surface area contributed by atoms with Gasteiger partial charge in [0, 0.05) is 17.9 Å². The number of nitrogens with zero attached hydrogens (tertiary/aromatic N) is 2. The van der Waals surface area contributed by atoms with Crippen molar-refractivity contribution in [2.75, 3.05) is 9.80 Å². The number of rotatable bonds is 2. The normalized spacial score (nSPS) is 20.5. The fraction of sp³-hybridized carbons (Fsp3) is 0.261. The zero-order chi connectivity index (χ0) is 21.6. The zero-order valence-electron chi connectivity index (χ0n) is 17.0. The van der Waals surface area contributed by atoms with Crippen molar-refractivity contribution in [1.82, 2.24) is 5.32 Å². The van der Waals surface area contributed by atoms with E-state index in [1.807, 2.05) is 31.7 Å². The van der Waals surface area contributed by atoms with Crippen molar-refractivity contribution in [2.45, 2.75) is 39.7 Å². The van der Waals surface area contributed by atoms with Gasteiger partial charge in [-0.1, -0.05) is 12.1 Å². The molecule has 0 aliphatic carbocycles. The quantitative estimate of drug-likeness (QED) is 0.608. The molecule has 4 rings (SSSR count). The van der Waals surface area contributed by atoms with Gasteiger partial charge in [0.05, 0.1) is 5.69 Å². The Morgan fingerprint density at radius 2 is 1.87 bits per heavy atom. The Morgan fingerprint density at radius 3 is 2.63 bits per heavy atom. The third-order valence-electron chi connectivity index (χ3n) is 5.81. The summed E-state index contributed by atoms with van der Waals surface area (Å²) in [6.07, 6.45) is 2.93. The number of hydrogen-bond donors (Lipinski definition) is 1. The van der Waals surface area contributed by atoms with E-state index in [9.17, 15) is 18.8 Å². The highest BCUT2D eigenvalue weighted by Gasteiger charge is 2.38. The third-order valence-corrected chi connectivity index (χ3v) is 5.81. The lowest BCUT2D eigenvalue weighted by atomic mass is 9.96. The molecule has 0 aromatic heterocycles. The molecule has 1 saturated heterocycles. The number of barbiturate groups is 1. The number of carbonyl (C=O) groups is 3. The van der Waals surface area contributed by atoms with Crippen LogP contribution in [0.1, 0.15) is 30.0 Å². The minimum atomic E-state index is -0.773. The number of nitrogens with one attached hydrogen (secondary N) is 1. The highest BCUT2D eigenvalue weighted by molar-refractivity contribution is 6.37. The molecule has 0 unspecified atom stereocenters. The molecule has 154 valence electrons. The highest BCUT2D eigenvalue weighted by atomic mass is 19.1. The van der Waals surface area contributed by atoms with Crippen molar-refractivity contribution in [3.8, 4) is 0 Å². The van der Waals surface area contributed by atoms with Crippen LogP contribution >= 0.6 is 0 Å². The molecular weight excluding hydrogens is 385 g/mol. The third kappa shape index (κ3) is 3.26. The van der Waals surface area contributed by atoms with Gasteiger partial charge in [0.2, 0.25) is 0 Å². The maximum Gasteiger partial charge on any atom is 0.335 e. The van der Waals surface area contributed by atoms with Gasteiger partial charge in [-0.25, -0.2) is 14.1 Å². The molecule has 30 heavy (non-hydrogen) atoms. The van der Waals surface area contributed by atoms with Crippen LogP contribution in [-0.2, 0) is 16.0 Å². The summed E-state index contributed by atoms with van der Waals surface area (Å²) in [7, 11) is 0. The van der Waals surface area contributed by atoms with Gasteiger partial charge in [-0.15, -0.1) is 0 Å². The standard InChI is InChI=1S/C23H22FN3O3/c1-13-5-4-6-19(15(13)3)27-22(29)18(21(28)25-23(27)30)12-26-14(2)7-8-16-11-17(24)9-10-20(16)26/h4-6,9-12,14H,7-8H2,1-3H3,(H,25,28,30)/b18-12-/t14-/m1/s1. The Hall–Kier alpha value is -3.48. The first kappa shape index (κ1) is 19.8. The summed E-state index contributed by atoms with van der Waals surface area (Å²) >= 11 is 0. The average Bonchev–Trinajstić information content (AvgIpc) is 2.69. The first-order valence-electron chi connectivity index (χ1n) is 9.82. The number of fused-ring (bicyclic) bond motifs is 1. The number of benzene rings is 2. The van der Waals surface area contributed by atoms with E-state index >= 15 is 0 Å². The molecule has 0 saturated carbocycles. The summed E-state index contributed by atoms with van der Waals surface area (Å²) in [5.41, 5.74) is 3.57. The Balaban J connectivity index is 1.78. The van der Waals surface area contributed by atoms with Crippen molar-refractivity contribution < 1.29 is 18.8 Å². The summed E-state index contributed by atoms with van der Waals surface area (Å²) in [6.45, 7) is 5.68. The zero-order valence-corrected chi connectivity index (χ0v) is 17.0. The second-order valence-electron chi connectivity index (χ2n) is 7.73. The smallest absolute Gasteiger partial charge is 0.335 e. The van der Waals surface area contributed by atoms with Crippen LogP contribution in [0.15, 0.2) is 48.2 Å². The SMILES string of the molecule is Cc1cccc(N2C(=O)NC(=O)/C(=C/N3c4ccc(F)cc4CC[C@H]3C)C2=O)c1C. The van der Waals surface area contributed by atoms with Gasteiger partial charge in [0.15, 0.2) is 0 Å². The number of aryl methyl sites for hydroxylation is 2. The van der Waals surface area contributed by atoms with Crippen LogP contribution in [0.5, 0.6) is 0 Å². The molecule has 0 spiro atoms. The fourth-order valence-corrected chi connectivity index (χ4v) is 3.92. The minimum absolute atomic E-state index is 0.00263. The second kappa shape index (κ2) is 7.40. The molecule has 2 aromatic rings. The van der Waals surface area contributed by atoms with Gasteiger partial charge in [-0.05, 0) is 74.6 Å². The van der Waals surface area contributed by atoms with Gasteiger partial charge >= 0.3 is 6.03 Å². The van der Waals surface area contributed by atoms with Gasteiger partial charge in [-0.3, -0.25) is 14.9 Å². The molecule has 4 amide bonds. The Morgan fingerprint density at radius 1 is 1.10 bits per heavy atom. The maximum absolute atomic E-state index is 13.7. The molecule has 1 N–H and O–H groups in total. The largest absolute Gasteiger partial charge is 0.344 e. The molecular formula is C23H22FN3O3. The summed E-state index contributed by atoms with van der Waals surface area (Å²) in [4.78, 5) is 41.1. The van der Waals surface area contributed by atoms with Crippen molar-refractivity contribution in [2.24, 2.45) is 0 Å². The number of halogens is 1. The number of carbonyl (C=O) groups excluding carboxylic acids is 3. The van der Waals surface area contributed by atoms with E-state index < -0.39 is 17.8 Å². The average molecular weight is 407 g/mol. The summed E-state index contributed by atoms with van der Waals surface area (Å²) in [5.74, 6) is -1.75. The van der Waals surface area contributed by atoms with Crippen LogP contribution < -0.4 is 15.1 Å². The lowest BCUT2D eigenvalue weighted by Crippen LogP contribution is -2.55. The molecule has 2 aromatic carbocycles. The van der Waals surface area contributed by atoms with E-state index in [4.69, 9.17) is 0 Å². The molecule has 1 atom stereocenters. The summed E-state index contributed by atoms with van der Waals surface area (Å²) in [5, 5.41) is 2.26. The number of amides is 4. The van der Waals surface area contributed by atoms with Crippen molar-refractivity contribution in [3.05, 3.63) is 70.7 Å². The van der Waals surface area contributed by atoms with E-state index in [0.717, 1.165) is 33.7 Å². The number of anilines is 2. The predicted octanol–water partition coefficient (Wildman–Crippen LogP) is 3.75. The van der Waals surface area contributed by atoms with E-state index in [0.29, 0.717) is 12.1 Å². The molecule has 2 heterocycles. The Bertz CT molecular complexity index is 1110. The lowest BCUT2D eigenvalue weighted by Gasteiger charge is -2.36. The molecule has 6 nitrogen and oxygen atoms in total. The Labute approximate surface area is 174 Å². The predicted molar refractivity (Wildman–Crippen MR) is 112 cm³/mol. The molecule has 2 aliphatic heterocycles. The van der Waals surface area contributed by atoms with Gasteiger partial charge in [0.1, 0.15) is 11.4 Å². The summed E-state index contributed by atoms with van der Waals surface area (Å²) in [6, 6.07) is 9.03. The highest BCUT2D eigenvalue weighted by Crippen LogP contribution is 2.33. The van der Waals surface area contributed by atoms with E-state index in [-0.39, 0.29) is 17.4 Å². The Kier molecular flexibility index (Phi) is 4.89. The van der Waals surface area contributed by atoms with Crippen LogP contribution in [0.25, 0.3) is 0 Å². The van der Waals surface area contributed by atoms with Crippen molar-refractivity contribution >= 4 is 29.2 Å². The molecule has 7 heteroatoms. The topological polar surface area (TPSA) is 69.7 Å². The van der Waals surface area contributed by atoms with Crippen LogP contribution in [0, 0.1) is 19.7 Å². The van der Waals surface area contributed by atoms with Crippen molar-refractivity contribution in [3.63, 3.8) is 0 Å². The van der Waals surface area contributed by atoms with Crippen LogP contribution in [0.3, 0.4) is 0 Å². The minimum Gasteiger partial charge on any atom is -0.344 e. The molecule has 0 radical (unpaired) electrons. The lowest BCUT2D eigenvalue weighted by molar-refractivity contribution is -0.122. The van der Waals surface area contributed by atoms with Crippen LogP contribution in [-0.4, -0.2) is 23.9 Å². The monoisotopic (exact) mass is 407 g/mol. The number of urea groups is 1. The van der Waals surface area contributed by atoms with Crippen molar-refractivity contribution in [1.29, 1.82) is 0 Å². The van der Waals surface area contributed by atoms with Gasteiger partial charge in [0.25, 0.3) is 11.8 Å². The first-order valence-corrected chi connectivity index (χ1v) is 9.82. The van der Waals surface area contributed by atoms with Gasteiger partial charge in [-0.2, -0.15) is 0 Å². The van der Waals surface area contributed by atoms with Crippen LogP contribution in [0.2, 0.25) is 0 Å². The molecule has 2 aliphatic rings. The maximum atomic E-state index is 13.7. The van der Waals surface area contributed by atoms with Gasteiger partial charge < -0.3 is 4.90 Å². The van der Waals surface area contributed by atoms with E-state index in [1.165, 1.54) is 18.3 Å². The van der Waals surface area contributed by atoms with E-state index in [2.05, 4.69) is 5.32 Å². The molecule has 1 fully saturated rings. The summed E-state index contributed by atoms with van der Waals surface area (Å²) < 4.78 is 13.7. The number of imide groups is 2. The first-order chi connectivity index (χ1) is 14.3. The van der Waals surface area contributed by atoms with E-state index in [1.54, 1.807) is 18.2 Å². The molecule has 0 bridgehead atoms.